The van der Waals surface area contributed by atoms with E-state index in [1.807, 2.05) is 53.1 Å². The molecule has 0 aliphatic rings. The number of halogens is 1. The highest BCUT2D eigenvalue weighted by atomic mass is 35.5. The number of carbonyl (C=O) groups is 1. The third-order valence-corrected chi connectivity index (χ3v) is 5.66. The highest BCUT2D eigenvalue weighted by Crippen LogP contribution is 2.22. The summed E-state index contributed by atoms with van der Waals surface area (Å²) in [7, 11) is 1.62. The van der Waals surface area contributed by atoms with Gasteiger partial charge in [0.05, 0.1) is 13.7 Å². The highest BCUT2D eigenvalue weighted by Gasteiger charge is 2.14. The predicted molar refractivity (Wildman–Crippen MR) is 126 cm³/mol. The quantitative estimate of drug-likeness (QED) is 0.421. The number of nitrogens with zero attached hydrogens (tertiary/aromatic N) is 3. The number of benzene rings is 2. The maximum Gasteiger partial charge on any atom is 0.222 e. The van der Waals surface area contributed by atoms with Crippen molar-refractivity contribution in [2.45, 2.75) is 45.8 Å². The molecule has 0 atom stereocenters. The summed E-state index contributed by atoms with van der Waals surface area (Å²) >= 11 is 11.7. The first-order valence-corrected chi connectivity index (χ1v) is 11.1. The number of hydrogen-bond acceptors (Lipinski definition) is 4. The van der Waals surface area contributed by atoms with E-state index in [9.17, 15) is 4.79 Å². The third-order valence-electron chi connectivity index (χ3n) is 4.98. The number of rotatable bonds is 10. The molecule has 0 spiro atoms. The van der Waals surface area contributed by atoms with Crippen LogP contribution in [-0.4, -0.2) is 27.4 Å². The molecule has 0 fully saturated rings. The Bertz CT molecular complexity index is 1080. The van der Waals surface area contributed by atoms with Gasteiger partial charge in [0, 0.05) is 35.7 Å². The molecule has 1 aromatic heterocycles. The van der Waals surface area contributed by atoms with Gasteiger partial charge in [-0.3, -0.25) is 9.36 Å². The molecule has 1 heterocycles. The zero-order valence-corrected chi connectivity index (χ0v) is 19.4. The van der Waals surface area contributed by atoms with Crippen LogP contribution in [0.25, 0.3) is 11.4 Å². The van der Waals surface area contributed by atoms with E-state index in [-0.39, 0.29) is 12.3 Å². The zero-order chi connectivity index (χ0) is 22.2. The second kappa shape index (κ2) is 11.1. The lowest BCUT2D eigenvalue weighted by atomic mass is 10.2. The molecule has 6 nitrogen and oxygen atoms in total. The molecule has 0 bridgehead atoms. The molecule has 3 rings (SSSR count). The van der Waals surface area contributed by atoms with E-state index in [0.717, 1.165) is 42.1 Å². The van der Waals surface area contributed by atoms with Crippen LogP contribution in [0.3, 0.4) is 0 Å². The van der Waals surface area contributed by atoms with Crippen molar-refractivity contribution >= 4 is 29.7 Å². The fourth-order valence-electron chi connectivity index (χ4n) is 3.26. The van der Waals surface area contributed by atoms with Crippen LogP contribution in [0.5, 0.6) is 5.75 Å². The summed E-state index contributed by atoms with van der Waals surface area (Å²) in [5.74, 6) is 1.49. The van der Waals surface area contributed by atoms with Crippen molar-refractivity contribution in [1.82, 2.24) is 19.7 Å². The average Bonchev–Trinajstić information content (AvgIpc) is 3.10. The first kappa shape index (κ1) is 23.0. The van der Waals surface area contributed by atoms with Crippen LogP contribution in [0.2, 0.25) is 5.02 Å². The second-order valence-electron chi connectivity index (χ2n) is 7.18. The van der Waals surface area contributed by atoms with Crippen molar-refractivity contribution in [3.8, 4) is 17.1 Å². The zero-order valence-electron chi connectivity index (χ0n) is 17.8. The number of para-hydroxylation sites is 1. The number of aryl methyl sites for hydroxylation is 1. The first-order chi connectivity index (χ1) is 15.0. The number of nitrogens with one attached hydrogen (secondary N) is 1. The number of hydrogen-bond donors (Lipinski definition) is 1. The van der Waals surface area contributed by atoms with E-state index in [0.29, 0.717) is 22.9 Å². The molecule has 0 aliphatic heterocycles. The Labute approximate surface area is 192 Å². The number of aromatic nitrogens is 3. The Hall–Kier alpha value is -2.64. The normalized spacial score (nSPS) is 10.8. The number of amides is 1. The number of methoxy groups -OCH3 is 1. The molecular formula is C23H27ClN4O2S. The fraction of sp³-hybridized carbons (Fsp3) is 0.348. The van der Waals surface area contributed by atoms with E-state index in [2.05, 4.69) is 12.2 Å². The monoisotopic (exact) mass is 458 g/mol. The van der Waals surface area contributed by atoms with E-state index in [1.165, 1.54) is 0 Å². The minimum absolute atomic E-state index is 0.0658. The standard InChI is InChI=1S/C23H27ClN4O2S/c1-3-4-14-27-22(17-9-11-19(24)12-10-17)26-28(23(27)31)15-13-21(29)25-16-18-7-5-6-8-20(18)30-2/h5-12H,3-4,13-16H2,1-2H3,(H,25,29). The van der Waals surface area contributed by atoms with Gasteiger partial charge in [-0.05, 0) is 49.0 Å². The van der Waals surface area contributed by atoms with Crippen LogP contribution in [0, 0.1) is 4.77 Å². The van der Waals surface area contributed by atoms with Crippen LogP contribution in [0.4, 0.5) is 0 Å². The molecular weight excluding hydrogens is 432 g/mol. The maximum absolute atomic E-state index is 12.4. The van der Waals surface area contributed by atoms with E-state index in [4.69, 9.17) is 33.7 Å². The van der Waals surface area contributed by atoms with Crippen molar-refractivity contribution in [1.29, 1.82) is 0 Å². The number of carbonyl (C=O) groups excluding carboxylic acids is 1. The summed E-state index contributed by atoms with van der Waals surface area (Å²) < 4.78 is 9.72. The molecule has 31 heavy (non-hydrogen) atoms. The molecule has 164 valence electrons. The molecule has 2 aromatic carbocycles. The van der Waals surface area contributed by atoms with Gasteiger partial charge in [-0.1, -0.05) is 43.1 Å². The third kappa shape index (κ3) is 5.95. The summed E-state index contributed by atoms with van der Waals surface area (Å²) in [6, 6.07) is 15.2. The Morgan fingerprint density at radius 1 is 1.16 bits per heavy atom. The highest BCUT2D eigenvalue weighted by molar-refractivity contribution is 7.71. The number of ether oxygens (including phenoxy) is 1. The summed E-state index contributed by atoms with van der Waals surface area (Å²) in [5.41, 5.74) is 1.88. The molecule has 0 aliphatic carbocycles. The molecule has 1 N–H and O–H groups in total. The Morgan fingerprint density at radius 2 is 1.90 bits per heavy atom. The minimum Gasteiger partial charge on any atom is -0.496 e. The average molecular weight is 459 g/mol. The SMILES string of the molecule is CCCCn1c(-c2ccc(Cl)cc2)nn(CCC(=O)NCc2ccccc2OC)c1=S. The van der Waals surface area contributed by atoms with Crippen LogP contribution < -0.4 is 10.1 Å². The summed E-state index contributed by atoms with van der Waals surface area (Å²) in [6.45, 7) is 3.75. The van der Waals surface area contributed by atoms with E-state index in [1.54, 1.807) is 11.8 Å². The summed E-state index contributed by atoms with van der Waals surface area (Å²) in [6.07, 6.45) is 2.34. The lowest BCUT2D eigenvalue weighted by Crippen LogP contribution is -2.24. The fourth-order valence-corrected chi connectivity index (χ4v) is 3.69. The van der Waals surface area contributed by atoms with Crippen LogP contribution in [0.1, 0.15) is 31.7 Å². The van der Waals surface area contributed by atoms with Gasteiger partial charge in [0.2, 0.25) is 5.91 Å². The molecule has 0 radical (unpaired) electrons. The Kier molecular flexibility index (Phi) is 8.26. The Balaban J connectivity index is 1.70. The predicted octanol–water partition coefficient (Wildman–Crippen LogP) is 5.25. The van der Waals surface area contributed by atoms with Gasteiger partial charge in [-0.2, -0.15) is 5.10 Å². The van der Waals surface area contributed by atoms with E-state index >= 15 is 0 Å². The number of unbranched alkanes of at least 4 members (excludes halogenated alkanes) is 1. The largest absolute Gasteiger partial charge is 0.496 e. The van der Waals surface area contributed by atoms with Crippen molar-refractivity contribution in [3.05, 3.63) is 63.9 Å². The smallest absolute Gasteiger partial charge is 0.222 e. The van der Waals surface area contributed by atoms with Gasteiger partial charge in [0.1, 0.15) is 5.75 Å². The van der Waals surface area contributed by atoms with Crippen LogP contribution in [-0.2, 0) is 24.4 Å². The van der Waals surface area contributed by atoms with Crippen molar-refractivity contribution < 1.29 is 9.53 Å². The lowest BCUT2D eigenvalue weighted by Gasteiger charge is -2.09. The Morgan fingerprint density at radius 3 is 2.61 bits per heavy atom. The molecule has 3 aromatic rings. The molecule has 0 saturated heterocycles. The van der Waals surface area contributed by atoms with Crippen molar-refractivity contribution in [2.24, 2.45) is 0 Å². The molecule has 0 saturated carbocycles. The second-order valence-corrected chi connectivity index (χ2v) is 7.98. The van der Waals surface area contributed by atoms with Gasteiger partial charge in [-0.15, -0.1) is 0 Å². The van der Waals surface area contributed by atoms with E-state index < -0.39 is 0 Å². The van der Waals surface area contributed by atoms with Crippen molar-refractivity contribution in [3.63, 3.8) is 0 Å². The van der Waals surface area contributed by atoms with Crippen LogP contribution in [0.15, 0.2) is 48.5 Å². The van der Waals surface area contributed by atoms with Crippen molar-refractivity contribution in [2.75, 3.05) is 7.11 Å². The summed E-state index contributed by atoms with van der Waals surface area (Å²) in [4.78, 5) is 12.4. The van der Waals surface area contributed by atoms with Gasteiger partial charge in [0.15, 0.2) is 10.6 Å². The maximum atomic E-state index is 12.4. The summed E-state index contributed by atoms with van der Waals surface area (Å²) in [5, 5.41) is 8.33. The van der Waals surface area contributed by atoms with Crippen LogP contribution >= 0.6 is 23.8 Å². The van der Waals surface area contributed by atoms with Gasteiger partial charge < -0.3 is 10.1 Å². The minimum atomic E-state index is -0.0658. The molecule has 1 amide bonds. The van der Waals surface area contributed by atoms with Gasteiger partial charge in [-0.25, -0.2) is 4.68 Å². The van der Waals surface area contributed by atoms with Gasteiger partial charge >= 0.3 is 0 Å². The molecule has 8 heteroatoms. The lowest BCUT2D eigenvalue weighted by molar-refractivity contribution is -0.121. The topological polar surface area (TPSA) is 61.1 Å². The molecule has 0 unspecified atom stereocenters. The first-order valence-electron chi connectivity index (χ1n) is 10.4. The van der Waals surface area contributed by atoms with Gasteiger partial charge in [0.25, 0.3) is 0 Å².